The SMILES string of the molecule is COC(=O)CN(N)c1ccc(F)cc1F. The number of hydrogen-bond donors (Lipinski definition) is 1. The molecule has 0 fully saturated rings. The summed E-state index contributed by atoms with van der Waals surface area (Å²) in [5.74, 6) is 3.24. The van der Waals surface area contributed by atoms with Crippen molar-refractivity contribution >= 4 is 11.7 Å². The van der Waals surface area contributed by atoms with E-state index in [4.69, 9.17) is 5.84 Å². The van der Waals surface area contributed by atoms with Crippen LogP contribution in [0.3, 0.4) is 0 Å². The number of carbonyl (C=O) groups excluding carboxylic acids is 1. The number of anilines is 1. The van der Waals surface area contributed by atoms with Crippen LogP contribution in [0.15, 0.2) is 18.2 Å². The van der Waals surface area contributed by atoms with Gasteiger partial charge in [0.2, 0.25) is 0 Å². The molecule has 0 heterocycles. The van der Waals surface area contributed by atoms with Gasteiger partial charge in [-0.2, -0.15) is 0 Å². The molecule has 0 aromatic heterocycles. The summed E-state index contributed by atoms with van der Waals surface area (Å²) in [5.41, 5.74) is -0.0678. The summed E-state index contributed by atoms with van der Waals surface area (Å²) in [5, 5.41) is 0.848. The smallest absolute Gasteiger partial charge is 0.326 e. The number of halogens is 2. The van der Waals surface area contributed by atoms with Crippen LogP contribution in [0.2, 0.25) is 0 Å². The predicted molar refractivity (Wildman–Crippen MR) is 49.9 cm³/mol. The molecule has 6 heteroatoms. The highest BCUT2D eigenvalue weighted by Gasteiger charge is 2.12. The molecule has 0 bridgehead atoms. The molecule has 0 aliphatic rings. The highest BCUT2D eigenvalue weighted by molar-refractivity contribution is 5.75. The van der Waals surface area contributed by atoms with Gasteiger partial charge >= 0.3 is 5.97 Å². The monoisotopic (exact) mass is 216 g/mol. The topological polar surface area (TPSA) is 55.6 Å². The van der Waals surface area contributed by atoms with Crippen LogP contribution in [-0.4, -0.2) is 19.6 Å². The van der Waals surface area contributed by atoms with Crippen molar-refractivity contribution < 1.29 is 18.3 Å². The number of ether oxygens (including phenoxy) is 1. The van der Waals surface area contributed by atoms with Crippen LogP contribution in [-0.2, 0) is 9.53 Å². The van der Waals surface area contributed by atoms with Gasteiger partial charge in [-0.3, -0.25) is 9.80 Å². The fourth-order valence-electron chi connectivity index (χ4n) is 1.00. The first-order chi connectivity index (χ1) is 7.04. The standard InChI is InChI=1S/C9H10F2N2O2/c1-15-9(14)5-13(12)8-3-2-6(10)4-7(8)11/h2-4H,5,12H2,1H3. The molecular weight excluding hydrogens is 206 g/mol. The maximum Gasteiger partial charge on any atom is 0.326 e. The summed E-state index contributed by atoms with van der Waals surface area (Å²) in [6.07, 6.45) is 0. The molecule has 1 aromatic carbocycles. The number of nitrogens with two attached hydrogens (primary N) is 1. The molecule has 1 rings (SSSR count). The Labute approximate surface area is 85.2 Å². The third-order valence-corrected chi connectivity index (χ3v) is 1.75. The second kappa shape index (κ2) is 4.70. The Hall–Kier alpha value is -1.69. The van der Waals surface area contributed by atoms with Gasteiger partial charge in [0.1, 0.15) is 12.4 Å². The predicted octanol–water partition coefficient (Wildman–Crippen LogP) is 0.818. The minimum atomic E-state index is -0.832. The quantitative estimate of drug-likeness (QED) is 0.461. The van der Waals surface area contributed by atoms with E-state index >= 15 is 0 Å². The van der Waals surface area contributed by atoms with E-state index in [0.29, 0.717) is 6.07 Å². The van der Waals surface area contributed by atoms with E-state index in [2.05, 4.69) is 4.74 Å². The second-order valence-corrected chi connectivity index (χ2v) is 2.80. The average Bonchev–Trinajstić information content (AvgIpc) is 2.17. The van der Waals surface area contributed by atoms with Gasteiger partial charge in [0.05, 0.1) is 12.8 Å². The maximum absolute atomic E-state index is 13.1. The molecule has 0 radical (unpaired) electrons. The lowest BCUT2D eigenvalue weighted by atomic mass is 10.3. The van der Waals surface area contributed by atoms with Crippen LogP contribution in [0, 0.1) is 11.6 Å². The largest absolute Gasteiger partial charge is 0.468 e. The summed E-state index contributed by atoms with van der Waals surface area (Å²) >= 11 is 0. The molecule has 2 N–H and O–H groups in total. The van der Waals surface area contributed by atoms with Crippen LogP contribution < -0.4 is 10.9 Å². The Balaban J connectivity index is 2.82. The summed E-state index contributed by atoms with van der Waals surface area (Å²) < 4.78 is 30.0. The van der Waals surface area contributed by atoms with Gasteiger partial charge in [0, 0.05) is 6.07 Å². The molecule has 0 spiro atoms. The van der Waals surface area contributed by atoms with Gasteiger partial charge in [0.15, 0.2) is 5.82 Å². The molecule has 4 nitrogen and oxygen atoms in total. The summed E-state index contributed by atoms with van der Waals surface area (Å²) in [7, 11) is 1.19. The van der Waals surface area contributed by atoms with Gasteiger partial charge in [-0.15, -0.1) is 0 Å². The van der Waals surface area contributed by atoms with Crippen molar-refractivity contribution in [3.05, 3.63) is 29.8 Å². The van der Waals surface area contributed by atoms with Gasteiger partial charge in [-0.05, 0) is 12.1 Å². The number of carbonyl (C=O) groups is 1. The Bertz CT molecular complexity index is 371. The number of rotatable bonds is 3. The van der Waals surface area contributed by atoms with Crippen molar-refractivity contribution in [3.63, 3.8) is 0 Å². The highest BCUT2D eigenvalue weighted by Crippen LogP contribution is 2.17. The molecule has 0 unspecified atom stereocenters. The molecule has 0 saturated carbocycles. The minimum Gasteiger partial charge on any atom is -0.468 e. The molecule has 0 amide bonds. The zero-order chi connectivity index (χ0) is 11.4. The number of methoxy groups -OCH3 is 1. The molecule has 0 saturated heterocycles. The molecular formula is C9H10F2N2O2. The Morgan fingerprint density at radius 2 is 2.20 bits per heavy atom. The van der Waals surface area contributed by atoms with Crippen LogP contribution >= 0.6 is 0 Å². The maximum atomic E-state index is 13.1. The van der Waals surface area contributed by atoms with Crippen molar-refractivity contribution in [2.75, 3.05) is 18.7 Å². The van der Waals surface area contributed by atoms with Crippen LogP contribution in [0.25, 0.3) is 0 Å². The lowest BCUT2D eigenvalue weighted by Crippen LogP contribution is -2.37. The summed E-state index contributed by atoms with van der Waals surface area (Å²) in [4.78, 5) is 10.8. The first-order valence-corrected chi connectivity index (χ1v) is 4.08. The second-order valence-electron chi connectivity index (χ2n) is 2.80. The zero-order valence-electron chi connectivity index (χ0n) is 8.04. The van der Waals surface area contributed by atoms with E-state index in [1.165, 1.54) is 7.11 Å². The fraction of sp³-hybridized carbons (Fsp3) is 0.222. The molecule has 15 heavy (non-hydrogen) atoms. The molecule has 0 aliphatic carbocycles. The van der Waals surface area contributed by atoms with Crippen LogP contribution in [0.4, 0.5) is 14.5 Å². The first kappa shape index (κ1) is 11.4. The lowest BCUT2D eigenvalue weighted by molar-refractivity contribution is -0.138. The lowest BCUT2D eigenvalue weighted by Gasteiger charge is -2.17. The van der Waals surface area contributed by atoms with Crippen molar-refractivity contribution in [2.45, 2.75) is 0 Å². The Kier molecular flexibility index (Phi) is 3.56. The fourth-order valence-corrected chi connectivity index (χ4v) is 1.00. The van der Waals surface area contributed by atoms with Gasteiger partial charge in [-0.1, -0.05) is 0 Å². The Morgan fingerprint density at radius 3 is 2.73 bits per heavy atom. The van der Waals surface area contributed by atoms with Crippen molar-refractivity contribution in [1.82, 2.24) is 0 Å². The van der Waals surface area contributed by atoms with E-state index in [9.17, 15) is 13.6 Å². The van der Waals surface area contributed by atoms with E-state index in [-0.39, 0.29) is 12.2 Å². The number of esters is 1. The number of hydrogen-bond acceptors (Lipinski definition) is 4. The number of nitrogens with zero attached hydrogens (tertiary/aromatic N) is 1. The van der Waals surface area contributed by atoms with Crippen LogP contribution in [0.5, 0.6) is 0 Å². The normalized spacial score (nSPS) is 9.87. The average molecular weight is 216 g/mol. The molecule has 0 atom stereocenters. The third kappa shape index (κ3) is 2.88. The van der Waals surface area contributed by atoms with E-state index in [0.717, 1.165) is 17.1 Å². The van der Waals surface area contributed by atoms with Crippen molar-refractivity contribution in [3.8, 4) is 0 Å². The molecule has 82 valence electrons. The van der Waals surface area contributed by atoms with Gasteiger partial charge in [-0.25, -0.2) is 14.6 Å². The van der Waals surface area contributed by atoms with Gasteiger partial charge in [0.25, 0.3) is 0 Å². The third-order valence-electron chi connectivity index (χ3n) is 1.75. The summed E-state index contributed by atoms with van der Waals surface area (Å²) in [6.45, 7) is -0.306. The van der Waals surface area contributed by atoms with E-state index < -0.39 is 17.6 Å². The van der Waals surface area contributed by atoms with Crippen molar-refractivity contribution in [2.24, 2.45) is 5.84 Å². The van der Waals surface area contributed by atoms with Crippen LogP contribution in [0.1, 0.15) is 0 Å². The first-order valence-electron chi connectivity index (χ1n) is 4.08. The molecule has 1 aromatic rings. The van der Waals surface area contributed by atoms with Crippen molar-refractivity contribution in [1.29, 1.82) is 0 Å². The number of hydrazine groups is 1. The molecule has 0 aliphatic heterocycles. The summed E-state index contributed by atoms with van der Waals surface area (Å²) in [6, 6.07) is 2.88. The Morgan fingerprint density at radius 1 is 1.53 bits per heavy atom. The van der Waals surface area contributed by atoms with Gasteiger partial charge < -0.3 is 4.74 Å². The number of benzene rings is 1. The van der Waals surface area contributed by atoms with E-state index in [1.807, 2.05) is 0 Å². The zero-order valence-corrected chi connectivity index (χ0v) is 8.04. The van der Waals surface area contributed by atoms with E-state index in [1.54, 1.807) is 0 Å². The minimum absolute atomic E-state index is 0.0678. The highest BCUT2D eigenvalue weighted by atomic mass is 19.1.